The molecule has 3 nitrogen and oxygen atoms in total. The van der Waals surface area contributed by atoms with E-state index in [0.29, 0.717) is 25.3 Å². The zero-order valence-electron chi connectivity index (χ0n) is 7.68. The second-order valence-corrected chi connectivity index (χ2v) is 3.14. The molecule has 0 aromatic heterocycles. The molecule has 0 saturated heterocycles. The van der Waals surface area contributed by atoms with Gasteiger partial charge in [-0.25, -0.2) is 0 Å². The minimum atomic E-state index is 0.0533. The van der Waals surface area contributed by atoms with Crippen molar-refractivity contribution < 1.29 is 4.79 Å². The number of nitriles is 1. The SMILES string of the molecule is N#CCCCCNC(=O)CCCCl. The van der Waals surface area contributed by atoms with Crippen LogP contribution in [-0.4, -0.2) is 18.3 Å². The molecule has 74 valence electrons. The van der Waals surface area contributed by atoms with Crippen LogP contribution in [0.25, 0.3) is 0 Å². The summed E-state index contributed by atoms with van der Waals surface area (Å²) in [6.07, 6.45) is 3.53. The molecule has 0 spiro atoms. The molecule has 0 bridgehead atoms. The van der Waals surface area contributed by atoms with E-state index < -0.39 is 0 Å². The maximum atomic E-state index is 11.0. The summed E-state index contributed by atoms with van der Waals surface area (Å²) in [7, 11) is 0. The zero-order valence-corrected chi connectivity index (χ0v) is 8.44. The number of hydrogen-bond donors (Lipinski definition) is 1. The van der Waals surface area contributed by atoms with Gasteiger partial charge in [0.2, 0.25) is 5.91 Å². The van der Waals surface area contributed by atoms with Gasteiger partial charge in [-0.1, -0.05) is 0 Å². The molecule has 0 rings (SSSR count). The highest BCUT2D eigenvalue weighted by atomic mass is 35.5. The molecule has 0 heterocycles. The van der Waals surface area contributed by atoms with Crippen molar-refractivity contribution in [2.75, 3.05) is 12.4 Å². The first-order valence-corrected chi connectivity index (χ1v) is 5.04. The summed E-state index contributed by atoms with van der Waals surface area (Å²) in [5.74, 6) is 0.583. The van der Waals surface area contributed by atoms with Crippen molar-refractivity contribution in [2.24, 2.45) is 0 Å². The first kappa shape index (κ1) is 12.2. The Hall–Kier alpha value is -0.750. The molecule has 0 aliphatic carbocycles. The Balaban J connectivity index is 3.13. The predicted octanol–water partition coefficient (Wildman–Crippen LogP) is 1.82. The number of hydrogen-bond acceptors (Lipinski definition) is 2. The second kappa shape index (κ2) is 9.34. The molecule has 1 amide bonds. The maximum Gasteiger partial charge on any atom is 0.220 e. The van der Waals surface area contributed by atoms with Crippen molar-refractivity contribution in [1.29, 1.82) is 5.26 Å². The van der Waals surface area contributed by atoms with E-state index in [2.05, 4.69) is 11.4 Å². The zero-order chi connectivity index (χ0) is 9.94. The smallest absolute Gasteiger partial charge is 0.220 e. The highest BCUT2D eigenvalue weighted by Crippen LogP contribution is 1.94. The molecule has 1 N–H and O–H groups in total. The topological polar surface area (TPSA) is 52.9 Å². The minimum Gasteiger partial charge on any atom is -0.356 e. The van der Waals surface area contributed by atoms with Gasteiger partial charge in [-0.3, -0.25) is 4.79 Å². The highest BCUT2D eigenvalue weighted by Gasteiger charge is 1.98. The van der Waals surface area contributed by atoms with Crippen molar-refractivity contribution in [2.45, 2.75) is 32.1 Å². The average Bonchev–Trinajstić information content (AvgIpc) is 2.14. The van der Waals surface area contributed by atoms with Crippen LogP contribution in [-0.2, 0) is 4.79 Å². The van der Waals surface area contributed by atoms with E-state index in [1.165, 1.54) is 0 Å². The van der Waals surface area contributed by atoms with Gasteiger partial charge in [0.25, 0.3) is 0 Å². The van der Waals surface area contributed by atoms with Crippen LogP contribution in [0, 0.1) is 11.3 Å². The number of halogens is 1. The van der Waals surface area contributed by atoms with E-state index in [1.807, 2.05) is 0 Å². The summed E-state index contributed by atoms with van der Waals surface area (Å²) in [5.41, 5.74) is 0. The summed E-state index contributed by atoms with van der Waals surface area (Å²) in [6.45, 7) is 0.669. The van der Waals surface area contributed by atoms with Crippen LogP contribution in [0.3, 0.4) is 0 Å². The molecule has 0 saturated carbocycles. The lowest BCUT2D eigenvalue weighted by atomic mass is 10.2. The van der Waals surface area contributed by atoms with Crippen LogP contribution in [0.5, 0.6) is 0 Å². The van der Waals surface area contributed by atoms with Crippen molar-refractivity contribution in [3.63, 3.8) is 0 Å². The Bertz CT molecular complexity index is 177. The average molecular weight is 203 g/mol. The number of amides is 1. The fourth-order valence-electron chi connectivity index (χ4n) is 0.873. The monoisotopic (exact) mass is 202 g/mol. The fourth-order valence-corrected chi connectivity index (χ4v) is 1.01. The minimum absolute atomic E-state index is 0.0533. The van der Waals surface area contributed by atoms with E-state index in [9.17, 15) is 4.79 Å². The third-order valence-corrected chi connectivity index (χ3v) is 1.84. The third-order valence-electron chi connectivity index (χ3n) is 1.57. The second-order valence-electron chi connectivity index (χ2n) is 2.76. The van der Waals surface area contributed by atoms with Crippen LogP contribution < -0.4 is 5.32 Å². The molecule has 0 atom stereocenters. The molecular weight excluding hydrogens is 188 g/mol. The normalized spacial score (nSPS) is 9.23. The number of nitrogens with zero attached hydrogens (tertiary/aromatic N) is 1. The Morgan fingerprint density at radius 1 is 1.38 bits per heavy atom. The van der Waals surface area contributed by atoms with Gasteiger partial charge in [0.15, 0.2) is 0 Å². The molecule has 0 aliphatic heterocycles. The van der Waals surface area contributed by atoms with Gasteiger partial charge in [0.1, 0.15) is 0 Å². The summed E-state index contributed by atoms with van der Waals surface area (Å²) in [4.78, 5) is 11.0. The number of carbonyl (C=O) groups excluding carboxylic acids is 1. The quantitative estimate of drug-likeness (QED) is 0.506. The van der Waals surface area contributed by atoms with Crippen LogP contribution in [0.2, 0.25) is 0 Å². The van der Waals surface area contributed by atoms with E-state index in [1.54, 1.807) is 0 Å². The molecule has 0 aliphatic rings. The summed E-state index contributed by atoms with van der Waals surface area (Å²) in [5, 5.41) is 11.0. The van der Waals surface area contributed by atoms with Crippen LogP contribution in [0.1, 0.15) is 32.1 Å². The predicted molar refractivity (Wildman–Crippen MR) is 52.4 cm³/mol. The van der Waals surface area contributed by atoms with Gasteiger partial charge in [0, 0.05) is 25.3 Å². The number of rotatable bonds is 7. The van der Waals surface area contributed by atoms with Gasteiger partial charge < -0.3 is 5.32 Å². The first-order chi connectivity index (χ1) is 6.31. The van der Waals surface area contributed by atoms with Gasteiger partial charge in [-0.15, -0.1) is 11.6 Å². The lowest BCUT2D eigenvalue weighted by Gasteiger charge is -2.02. The Morgan fingerprint density at radius 2 is 2.15 bits per heavy atom. The number of nitrogens with one attached hydrogen (secondary N) is 1. The van der Waals surface area contributed by atoms with Crippen molar-refractivity contribution in [3.8, 4) is 6.07 Å². The summed E-state index contributed by atoms with van der Waals surface area (Å²) < 4.78 is 0. The molecule has 0 unspecified atom stereocenters. The number of carbonyl (C=O) groups is 1. The molecule has 0 fully saturated rings. The van der Waals surface area contributed by atoms with E-state index >= 15 is 0 Å². The van der Waals surface area contributed by atoms with Gasteiger partial charge in [-0.2, -0.15) is 5.26 Å². The van der Waals surface area contributed by atoms with Crippen molar-refractivity contribution in [1.82, 2.24) is 5.32 Å². The van der Waals surface area contributed by atoms with Gasteiger partial charge >= 0.3 is 0 Å². The first-order valence-electron chi connectivity index (χ1n) is 4.51. The van der Waals surface area contributed by atoms with E-state index in [4.69, 9.17) is 16.9 Å². The van der Waals surface area contributed by atoms with Crippen molar-refractivity contribution >= 4 is 17.5 Å². The van der Waals surface area contributed by atoms with Crippen molar-refractivity contribution in [3.05, 3.63) is 0 Å². The Morgan fingerprint density at radius 3 is 2.77 bits per heavy atom. The molecular formula is C9H15ClN2O. The third kappa shape index (κ3) is 9.16. The highest BCUT2D eigenvalue weighted by molar-refractivity contribution is 6.17. The number of alkyl halides is 1. The Labute approximate surface area is 84.1 Å². The Kier molecular flexibility index (Phi) is 8.80. The molecule has 0 aromatic carbocycles. The fraction of sp³-hybridized carbons (Fsp3) is 0.778. The van der Waals surface area contributed by atoms with E-state index in [0.717, 1.165) is 19.3 Å². The lowest BCUT2D eigenvalue weighted by molar-refractivity contribution is -0.121. The van der Waals surface area contributed by atoms with Crippen LogP contribution >= 0.6 is 11.6 Å². The van der Waals surface area contributed by atoms with E-state index in [-0.39, 0.29) is 5.91 Å². The van der Waals surface area contributed by atoms with Crippen LogP contribution in [0.4, 0.5) is 0 Å². The number of unbranched alkanes of at least 4 members (excludes halogenated alkanes) is 2. The molecule has 0 aromatic rings. The lowest BCUT2D eigenvalue weighted by Crippen LogP contribution is -2.24. The summed E-state index contributed by atoms with van der Waals surface area (Å²) in [6, 6.07) is 2.06. The molecule has 13 heavy (non-hydrogen) atoms. The standard InChI is InChI=1S/C9H15ClN2O/c10-6-4-5-9(13)12-8-3-1-2-7-11/h1-6,8H2,(H,12,13). The molecule has 4 heteroatoms. The van der Waals surface area contributed by atoms with Crippen LogP contribution in [0.15, 0.2) is 0 Å². The van der Waals surface area contributed by atoms with Gasteiger partial charge in [-0.05, 0) is 19.3 Å². The molecule has 0 radical (unpaired) electrons. The largest absolute Gasteiger partial charge is 0.356 e. The maximum absolute atomic E-state index is 11.0. The summed E-state index contributed by atoms with van der Waals surface area (Å²) >= 11 is 5.43. The van der Waals surface area contributed by atoms with Gasteiger partial charge in [0.05, 0.1) is 6.07 Å².